The average Bonchev–Trinajstić information content (AvgIpc) is 3.16. The highest BCUT2D eigenvalue weighted by atomic mass is 79.9. The third-order valence-corrected chi connectivity index (χ3v) is 7.40. The van der Waals surface area contributed by atoms with Gasteiger partial charge in [-0.15, -0.1) is 0 Å². The quantitative estimate of drug-likeness (QED) is 0.283. The lowest BCUT2D eigenvalue weighted by atomic mass is 9.85. The van der Waals surface area contributed by atoms with Gasteiger partial charge in [0.2, 0.25) is 0 Å². The fourth-order valence-electron chi connectivity index (χ4n) is 4.98. The molecule has 0 bridgehead atoms. The van der Waals surface area contributed by atoms with E-state index >= 15 is 0 Å². The number of hydrogen-bond donors (Lipinski definition) is 1. The van der Waals surface area contributed by atoms with Crippen LogP contribution >= 0.6 is 27.5 Å². The normalized spacial score (nSPS) is 17.9. The number of alkyl halides is 2. The van der Waals surface area contributed by atoms with Crippen LogP contribution in [0.2, 0.25) is 5.02 Å². The second kappa shape index (κ2) is 10.7. The Hall–Kier alpha value is -3.11. The van der Waals surface area contributed by atoms with Crippen molar-refractivity contribution in [2.24, 2.45) is 5.92 Å². The number of aromatic nitrogens is 4. The van der Waals surface area contributed by atoms with Crippen LogP contribution in [0.25, 0.3) is 16.7 Å². The number of carbonyl (C=O) groups is 1. The van der Waals surface area contributed by atoms with Gasteiger partial charge < -0.3 is 5.32 Å². The molecule has 192 valence electrons. The van der Waals surface area contributed by atoms with Crippen LogP contribution in [-0.2, 0) is 6.54 Å². The summed E-state index contributed by atoms with van der Waals surface area (Å²) in [5.41, 5.74) is 1.49. The first-order valence-corrected chi connectivity index (χ1v) is 13.1. The van der Waals surface area contributed by atoms with Gasteiger partial charge in [0.15, 0.2) is 0 Å². The van der Waals surface area contributed by atoms with E-state index in [0.29, 0.717) is 24.0 Å². The Morgan fingerprint density at radius 1 is 1.11 bits per heavy atom. The first kappa shape index (κ1) is 25.5. The first-order chi connectivity index (χ1) is 17.8. The molecule has 0 aliphatic heterocycles. The van der Waals surface area contributed by atoms with Gasteiger partial charge in [0.25, 0.3) is 12.3 Å². The van der Waals surface area contributed by atoms with Gasteiger partial charge in [0, 0.05) is 25.0 Å². The third-order valence-electron chi connectivity index (χ3n) is 6.76. The number of para-hydroxylation sites is 2. The molecule has 3 heterocycles. The van der Waals surface area contributed by atoms with Crippen molar-refractivity contribution < 1.29 is 13.6 Å². The summed E-state index contributed by atoms with van der Waals surface area (Å²) in [4.78, 5) is 34.0. The third kappa shape index (κ3) is 5.31. The summed E-state index contributed by atoms with van der Waals surface area (Å²) in [7, 11) is 0. The number of benzene rings is 1. The summed E-state index contributed by atoms with van der Waals surface area (Å²) in [5, 5.41) is 2.99. The first-order valence-electron chi connectivity index (χ1n) is 11.9. The number of nitrogens with zero attached hydrogens (tertiary/aromatic N) is 4. The van der Waals surface area contributed by atoms with Crippen LogP contribution in [0, 0.1) is 5.92 Å². The average molecular weight is 591 g/mol. The number of rotatable bonds is 6. The SMILES string of the molecule is O=C(NC1CCC(Cn2c(=O)n(-c3ccnc(Br)c3)c3ccccc32)CC1)c1cc(Cl)cnc1C(F)F. The van der Waals surface area contributed by atoms with E-state index in [9.17, 15) is 18.4 Å². The number of hydrogen-bond acceptors (Lipinski definition) is 4. The molecular weight excluding hydrogens is 568 g/mol. The number of carbonyl (C=O) groups excluding carboxylic acids is 1. The van der Waals surface area contributed by atoms with Gasteiger partial charge in [-0.2, -0.15) is 0 Å². The molecule has 0 atom stereocenters. The van der Waals surface area contributed by atoms with Crippen molar-refractivity contribution in [1.29, 1.82) is 0 Å². The summed E-state index contributed by atoms with van der Waals surface area (Å²) < 4.78 is 30.8. The van der Waals surface area contributed by atoms with Gasteiger partial charge in [-0.1, -0.05) is 23.7 Å². The Kier molecular flexibility index (Phi) is 7.39. The molecule has 1 aliphatic carbocycles. The van der Waals surface area contributed by atoms with Crippen LogP contribution in [0.3, 0.4) is 0 Å². The molecule has 1 aliphatic rings. The molecule has 0 saturated heterocycles. The Labute approximate surface area is 224 Å². The second-order valence-electron chi connectivity index (χ2n) is 9.13. The van der Waals surface area contributed by atoms with E-state index in [1.54, 1.807) is 27.5 Å². The van der Waals surface area contributed by atoms with Crippen molar-refractivity contribution in [3.63, 3.8) is 0 Å². The van der Waals surface area contributed by atoms with Gasteiger partial charge >= 0.3 is 5.69 Å². The summed E-state index contributed by atoms with van der Waals surface area (Å²) in [6.07, 6.45) is 2.82. The maximum absolute atomic E-state index is 13.5. The molecule has 37 heavy (non-hydrogen) atoms. The molecule has 0 unspecified atom stereocenters. The molecule has 1 N–H and O–H groups in total. The van der Waals surface area contributed by atoms with Gasteiger partial charge in [0.1, 0.15) is 10.3 Å². The van der Waals surface area contributed by atoms with E-state index < -0.39 is 18.0 Å². The van der Waals surface area contributed by atoms with E-state index in [1.165, 1.54) is 6.07 Å². The van der Waals surface area contributed by atoms with Gasteiger partial charge in [0.05, 0.1) is 27.3 Å². The Balaban J connectivity index is 1.30. The van der Waals surface area contributed by atoms with Crippen molar-refractivity contribution >= 4 is 44.5 Å². The molecule has 11 heteroatoms. The number of nitrogens with one attached hydrogen (secondary N) is 1. The number of amides is 1. The van der Waals surface area contributed by atoms with Crippen LogP contribution < -0.4 is 11.0 Å². The topological polar surface area (TPSA) is 81.8 Å². The van der Waals surface area contributed by atoms with Crippen LogP contribution in [0.5, 0.6) is 0 Å². The molecule has 4 aromatic rings. The van der Waals surface area contributed by atoms with Crippen molar-refractivity contribution in [3.05, 3.63) is 86.2 Å². The maximum atomic E-state index is 13.5. The number of fused-ring (bicyclic) bond motifs is 1. The summed E-state index contributed by atoms with van der Waals surface area (Å²) >= 11 is 9.26. The van der Waals surface area contributed by atoms with Crippen LogP contribution in [0.1, 0.15) is 48.2 Å². The summed E-state index contributed by atoms with van der Waals surface area (Å²) in [6.45, 7) is 0.549. The maximum Gasteiger partial charge on any atom is 0.333 e. The van der Waals surface area contributed by atoms with Crippen LogP contribution in [0.15, 0.2) is 64.3 Å². The summed E-state index contributed by atoms with van der Waals surface area (Å²) in [5.74, 6) is -0.365. The van der Waals surface area contributed by atoms with E-state index in [-0.39, 0.29) is 28.2 Å². The molecule has 1 amide bonds. The smallest absolute Gasteiger partial charge is 0.333 e. The van der Waals surface area contributed by atoms with Crippen molar-refractivity contribution in [3.8, 4) is 5.69 Å². The Bertz CT molecular complexity index is 1510. The van der Waals surface area contributed by atoms with E-state index in [4.69, 9.17) is 11.6 Å². The molecule has 1 saturated carbocycles. The van der Waals surface area contributed by atoms with Crippen molar-refractivity contribution in [1.82, 2.24) is 24.4 Å². The zero-order valence-electron chi connectivity index (χ0n) is 19.6. The molecule has 1 aromatic carbocycles. The second-order valence-corrected chi connectivity index (χ2v) is 10.4. The lowest BCUT2D eigenvalue weighted by molar-refractivity contribution is 0.0904. The fourth-order valence-corrected chi connectivity index (χ4v) is 5.49. The Morgan fingerprint density at radius 3 is 2.54 bits per heavy atom. The molecule has 1 fully saturated rings. The number of imidazole rings is 1. The van der Waals surface area contributed by atoms with Crippen molar-refractivity contribution in [2.45, 2.75) is 44.7 Å². The molecule has 0 spiro atoms. The van der Waals surface area contributed by atoms with E-state index in [1.807, 2.05) is 24.3 Å². The Morgan fingerprint density at radius 2 is 1.84 bits per heavy atom. The van der Waals surface area contributed by atoms with Crippen LogP contribution in [-0.4, -0.2) is 31.1 Å². The van der Waals surface area contributed by atoms with Gasteiger partial charge in [-0.3, -0.25) is 18.9 Å². The monoisotopic (exact) mass is 589 g/mol. The lowest BCUT2D eigenvalue weighted by Crippen LogP contribution is -2.39. The van der Waals surface area contributed by atoms with Gasteiger partial charge in [-0.25, -0.2) is 18.6 Å². The molecule has 7 nitrogen and oxygen atoms in total. The number of pyridine rings is 2. The fraction of sp³-hybridized carbons (Fsp3) is 0.308. The predicted octanol–water partition coefficient (Wildman–Crippen LogP) is 5.92. The molecule has 0 radical (unpaired) electrons. The van der Waals surface area contributed by atoms with E-state index in [2.05, 4.69) is 31.2 Å². The largest absolute Gasteiger partial charge is 0.349 e. The van der Waals surface area contributed by atoms with Gasteiger partial charge in [-0.05, 0) is 77.9 Å². The highest BCUT2D eigenvalue weighted by Crippen LogP contribution is 2.29. The highest BCUT2D eigenvalue weighted by molar-refractivity contribution is 9.10. The minimum Gasteiger partial charge on any atom is -0.349 e. The highest BCUT2D eigenvalue weighted by Gasteiger charge is 2.27. The summed E-state index contributed by atoms with van der Waals surface area (Å²) in [6, 6.07) is 12.4. The zero-order chi connectivity index (χ0) is 26.1. The van der Waals surface area contributed by atoms with Crippen LogP contribution in [0.4, 0.5) is 8.78 Å². The minimum atomic E-state index is -2.87. The number of halogens is 4. The standard InChI is InChI=1S/C26H23BrClF2N5O2/c27-22-12-18(9-10-31-22)35-21-4-2-1-3-20(21)34(26(35)37)14-15-5-7-17(8-6-15)33-25(36)19-11-16(28)13-32-23(19)24(29)30/h1-4,9-13,15,17,24H,5-8,14H2,(H,33,36). The molecule has 5 rings (SSSR count). The molecule has 3 aromatic heterocycles. The lowest BCUT2D eigenvalue weighted by Gasteiger charge is -2.29. The van der Waals surface area contributed by atoms with E-state index in [0.717, 1.165) is 35.8 Å². The zero-order valence-corrected chi connectivity index (χ0v) is 21.9. The van der Waals surface area contributed by atoms with Crippen molar-refractivity contribution in [2.75, 3.05) is 0 Å². The minimum absolute atomic E-state index is 0.122. The molecular formula is C26H23BrClF2N5O2. The predicted molar refractivity (Wildman–Crippen MR) is 140 cm³/mol.